The van der Waals surface area contributed by atoms with Crippen molar-refractivity contribution in [3.05, 3.63) is 35.9 Å². The predicted octanol–water partition coefficient (Wildman–Crippen LogP) is 6.10. The number of benzene rings is 2. The molecule has 0 bridgehead atoms. The van der Waals surface area contributed by atoms with Gasteiger partial charge in [-0.15, -0.1) is 0 Å². The van der Waals surface area contributed by atoms with Crippen molar-refractivity contribution < 1.29 is 15.3 Å². The fraction of sp³-hybridized carbons (Fsp3) is 0.400. The first-order valence-corrected chi connectivity index (χ1v) is 9.67. The van der Waals surface area contributed by atoms with E-state index in [1.165, 1.54) is 32.1 Å². The lowest BCUT2D eigenvalue weighted by molar-refractivity contribution is 0.401. The number of halogens is 1. The molecule has 0 saturated carbocycles. The molecule has 2 aromatic carbocycles. The molecule has 0 aliphatic rings. The van der Waals surface area contributed by atoms with E-state index in [9.17, 15) is 15.3 Å². The van der Waals surface area contributed by atoms with Crippen molar-refractivity contribution in [1.82, 2.24) is 0 Å². The SMILES string of the molecule is Oc1c(C=CCCCCCCCCBr)c(O)c2ccccc2c1O. The first-order chi connectivity index (χ1) is 11.7. The van der Waals surface area contributed by atoms with Crippen LogP contribution >= 0.6 is 15.9 Å². The highest BCUT2D eigenvalue weighted by atomic mass is 79.9. The minimum Gasteiger partial charge on any atom is -0.507 e. The largest absolute Gasteiger partial charge is 0.507 e. The van der Waals surface area contributed by atoms with Crippen molar-refractivity contribution in [3.63, 3.8) is 0 Å². The maximum Gasteiger partial charge on any atom is 0.169 e. The Hall–Kier alpha value is -1.68. The van der Waals surface area contributed by atoms with E-state index in [0.29, 0.717) is 10.8 Å². The normalized spacial score (nSPS) is 11.5. The molecule has 0 aliphatic heterocycles. The summed E-state index contributed by atoms with van der Waals surface area (Å²) in [5.41, 5.74) is 0.281. The number of aromatic hydroxyl groups is 3. The number of unbranched alkanes of at least 4 members (excludes halogenated alkanes) is 6. The van der Waals surface area contributed by atoms with Gasteiger partial charge in [0.05, 0.1) is 5.56 Å². The third kappa shape index (κ3) is 4.67. The summed E-state index contributed by atoms with van der Waals surface area (Å²) in [5, 5.41) is 32.7. The van der Waals surface area contributed by atoms with Crippen LogP contribution < -0.4 is 0 Å². The Morgan fingerprint density at radius 3 is 2.00 bits per heavy atom. The zero-order chi connectivity index (χ0) is 17.4. The third-order valence-corrected chi connectivity index (χ3v) is 4.77. The highest BCUT2D eigenvalue weighted by Crippen LogP contribution is 2.44. The van der Waals surface area contributed by atoms with Gasteiger partial charge in [-0.05, 0) is 19.3 Å². The van der Waals surface area contributed by atoms with Gasteiger partial charge in [-0.3, -0.25) is 0 Å². The van der Waals surface area contributed by atoms with E-state index < -0.39 is 0 Å². The molecule has 2 rings (SSSR count). The van der Waals surface area contributed by atoms with Gasteiger partial charge in [0.25, 0.3) is 0 Å². The van der Waals surface area contributed by atoms with Crippen molar-refractivity contribution in [3.8, 4) is 17.2 Å². The fourth-order valence-electron chi connectivity index (χ4n) is 2.83. The molecule has 0 heterocycles. The lowest BCUT2D eigenvalue weighted by Crippen LogP contribution is -1.83. The lowest BCUT2D eigenvalue weighted by Gasteiger charge is -2.10. The minimum absolute atomic E-state index is 0.00641. The maximum atomic E-state index is 10.4. The molecule has 130 valence electrons. The predicted molar refractivity (Wildman–Crippen MR) is 104 cm³/mol. The number of phenolic OH excluding ortho intramolecular Hbond substituents is 3. The molecule has 0 amide bonds. The van der Waals surface area contributed by atoms with E-state index in [0.717, 1.165) is 18.2 Å². The Morgan fingerprint density at radius 1 is 0.750 bits per heavy atom. The summed E-state index contributed by atoms with van der Waals surface area (Å²) < 4.78 is 0. The van der Waals surface area contributed by atoms with E-state index >= 15 is 0 Å². The first-order valence-electron chi connectivity index (χ1n) is 8.55. The van der Waals surface area contributed by atoms with Crippen molar-refractivity contribution in [2.24, 2.45) is 0 Å². The Labute approximate surface area is 151 Å². The average molecular weight is 393 g/mol. The van der Waals surface area contributed by atoms with E-state index in [1.54, 1.807) is 30.3 Å². The Bertz CT molecular complexity index is 695. The van der Waals surface area contributed by atoms with Crippen molar-refractivity contribution >= 4 is 32.8 Å². The quantitative estimate of drug-likeness (QED) is 0.209. The van der Waals surface area contributed by atoms with Crippen LogP contribution in [0.15, 0.2) is 30.3 Å². The highest BCUT2D eigenvalue weighted by Gasteiger charge is 2.15. The van der Waals surface area contributed by atoms with E-state index in [4.69, 9.17) is 0 Å². The van der Waals surface area contributed by atoms with E-state index in [2.05, 4.69) is 15.9 Å². The molecule has 2 aromatic rings. The standard InChI is InChI=1S/C20H25BrO3/c21-14-10-6-4-2-1-3-5-7-13-17-18(22)15-11-8-9-12-16(15)19(23)20(17)24/h7-9,11-13,22-24H,1-6,10,14H2. The molecule has 0 fully saturated rings. The number of rotatable bonds is 9. The van der Waals surface area contributed by atoms with Gasteiger partial charge in [-0.1, -0.05) is 78.0 Å². The summed E-state index contributed by atoms with van der Waals surface area (Å²) >= 11 is 3.44. The number of fused-ring (bicyclic) bond motifs is 1. The summed E-state index contributed by atoms with van der Waals surface area (Å²) in [6, 6.07) is 6.96. The molecule has 0 aliphatic carbocycles. The lowest BCUT2D eigenvalue weighted by atomic mass is 10.0. The zero-order valence-corrected chi connectivity index (χ0v) is 15.4. The van der Waals surface area contributed by atoms with Crippen LogP contribution in [0.1, 0.15) is 50.5 Å². The number of allylic oxidation sites excluding steroid dienone is 1. The minimum atomic E-state index is -0.266. The highest BCUT2D eigenvalue weighted by molar-refractivity contribution is 9.09. The summed E-state index contributed by atoms with van der Waals surface area (Å²) in [6.45, 7) is 0. The van der Waals surface area contributed by atoms with Gasteiger partial charge in [0.15, 0.2) is 11.5 Å². The van der Waals surface area contributed by atoms with Gasteiger partial charge in [0.2, 0.25) is 0 Å². The third-order valence-electron chi connectivity index (χ3n) is 4.21. The Balaban J connectivity index is 1.95. The van der Waals surface area contributed by atoms with Gasteiger partial charge in [-0.25, -0.2) is 0 Å². The van der Waals surface area contributed by atoms with Crippen LogP contribution in [-0.2, 0) is 0 Å². The van der Waals surface area contributed by atoms with E-state index in [-0.39, 0.29) is 22.8 Å². The van der Waals surface area contributed by atoms with Crippen LogP contribution in [0.2, 0.25) is 0 Å². The van der Waals surface area contributed by atoms with Gasteiger partial charge >= 0.3 is 0 Å². The fourth-order valence-corrected chi connectivity index (χ4v) is 3.23. The summed E-state index contributed by atoms with van der Waals surface area (Å²) in [5.74, 6) is -0.445. The Kier molecular flexibility index (Phi) is 7.44. The maximum absolute atomic E-state index is 10.4. The molecular formula is C20H25BrO3. The number of alkyl halides is 1. The monoisotopic (exact) mass is 392 g/mol. The molecule has 3 nitrogen and oxygen atoms in total. The second-order valence-electron chi connectivity index (χ2n) is 6.01. The van der Waals surface area contributed by atoms with E-state index in [1.807, 2.05) is 6.08 Å². The van der Waals surface area contributed by atoms with Crippen LogP contribution in [0.5, 0.6) is 17.2 Å². The van der Waals surface area contributed by atoms with Crippen molar-refractivity contribution in [2.45, 2.75) is 44.9 Å². The van der Waals surface area contributed by atoms with Crippen LogP contribution in [0.25, 0.3) is 16.8 Å². The molecule has 0 spiro atoms. The van der Waals surface area contributed by atoms with Crippen LogP contribution in [-0.4, -0.2) is 20.6 Å². The van der Waals surface area contributed by atoms with Crippen molar-refractivity contribution in [1.29, 1.82) is 0 Å². The summed E-state index contributed by atoms with van der Waals surface area (Å²) in [7, 11) is 0. The number of phenols is 3. The Morgan fingerprint density at radius 2 is 1.33 bits per heavy atom. The number of hydrogen-bond donors (Lipinski definition) is 3. The van der Waals surface area contributed by atoms with Crippen LogP contribution in [0, 0.1) is 0 Å². The second-order valence-corrected chi connectivity index (χ2v) is 6.80. The first kappa shape index (κ1) is 18.7. The molecule has 0 atom stereocenters. The smallest absolute Gasteiger partial charge is 0.169 e. The number of hydrogen-bond acceptors (Lipinski definition) is 3. The van der Waals surface area contributed by atoms with Gasteiger partial charge in [0.1, 0.15) is 5.75 Å². The summed E-state index contributed by atoms with van der Waals surface area (Å²) in [4.78, 5) is 0. The van der Waals surface area contributed by atoms with Gasteiger partial charge < -0.3 is 15.3 Å². The molecule has 3 N–H and O–H groups in total. The topological polar surface area (TPSA) is 60.7 Å². The van der Waals surface area contributed by atoms with Gasteiger partial charge in [-0.2, -0.15) is 0 Å². The molecule has 0 aromatic heterocycles. The molecule has 24 heavy (non-hydrogen) atoms. The van der Waals surface area contributed by atoms with Crippen LogP contribution in [0.4, 0.5) is 0 Å². The average Bonchev–Trinajstić information content (AvgIpc) is 2.61. The molecular weight excluding hydrogens is 368 g/mol. The molecule has 0 radical (unpaired) electrons. The molecule has 0 saturated heterocycles. The molecule has 4 heteroatoms. The molecule has 0 unspecified atom stereocenters. The van der Waals surface area contributed by atoms with Crippen molar-refractivity contribution in [2.75, 3.05) is 5.33 Å². The van der Waals surface area contributed by atoms with Crippen LogP contribution in [0.3, 0.4) is 0 Å². The zero-order valence-electron chi connectivity index (χ0n) is 13.8. The second kappa shape index (κ2) is 9.58. The van der Waals surface area contributed by atoms with Gasteiger partial charge in [0, 0.05) is 16.1 Å². The summed E-state index contributed by atoms with van der Waals surface area (Å²) in [6.07, 6.45) is 11.8.